The average Bonchev–Trinajstić information content (AvgIpc) is 2.96. The molecule has 1 heterocycles. The highest BCUT2D eigenvalue weighted by atomic mass is 16.5. The highest BCUT2D eigenvalue weighted by Gasteiger charge is 2.26. The molecule has 90 valence electrons. The normalized spacial score (nSPS) is 13.5. The van der Waals surface area contributed by atoms with Gasteiger partial charge in [-0.05, 0) is 20.3 Å². The van der Waals surface area contributed by atoms with E-state index in [-0.39, 0.29) is 5.91 Å². The van der Waals surface area contributed by atoms with Crippen LogP contribution in [0.2, 0.25) is 0 Å². The van der Waals surface area contributed by atoms with Gasteiger partial charge >= 0.3 is 0 Å². The maximum absolute atomic E-state index is 10.0. The Morgan fingerprint density at radius 3 is 2.20 bits per heavy atom. The number of carbonyl (C=O) groups excluding carboxylic acids is 1. The zero-order valence-corrected chi connectivity index (χ0v) is 10.4. The summed E-state index contributed by atoms with van der Waals surface area (Å²) in [4.78, 5) is 11.8. The molecule has 1 rings (SSSR count). The number of hydrogen-bond donors (Lipinski definition) is 0. The molecule has 3 heteroatoms. The van der Waals surface area contributed by atoms with Crippen LogP contribution in [0, 0.1) is 0 Å². The summed E-state index contributed by atoms with van der Waals surface area (Å²) < 4.78 is 5.18. The van der Waals surface area contributed by atoms with Gasteiger partial charge in [0.05, 0.1) is 6.54 Å². The van der Waals surface area contributed by atoms with Gasteiger partial charge in [0.1, 0.15) is 0 Å². The molecule has 3 nitrogen and oxygen atoms in total. The van der Waals surface area contributed by atoms with Crippen LogP contribution in [0.3, 0.4) is 0 Å². The van der Waals surface area contributed by atoms with Gasteiger partial charge in [-0.1, -0.05) is 26.2 Å². The van der Waals surface area contributed by atoms with E-state index in [9.17, 15) is 4.79 Å². The fourth-order valence-electron chi connectivity index (χ4n) is 1.19. The van der Waals surface area contributed by atoms with Crippen LogP contribution in [0.15, 0.2) is 0 Å². The summed E-state index contributed by atoms with van der Waals surface area (Å²) in [5, 5.41) is 0. The fraction of sp³-hybridized carbons (Fsp3) is 0.917. The van der Waals surface area contributed by atoms with Crippen LogP contribution in [-0.4, -0.2) is 37.1 Å². The Kier molecular flexibility index (Phi) is 9.59. The van der Waals surface area contributed by atoms with E-state index in [0.29, 0.717) is 6.54 Å². The van der Waals surface area contributed by atoms with E-state index in [1.165, 1.54) is 25.7 Å². The number of ether oxygens (including phenoxy) is 1. The Morgan fingerprint density at radius 1 is 1.20 bits per heavy atom. The molecule has 0 radical (unpaired) electrons. The molecular formula is C12H25NO2. The van der Waals surface area contributed by atoms with Crippen LogP contribution in [0.25, 0.3) is 0 Å². The van der Waals surface area contributed by atoms with Crippen molar-refractivity contribution in [3.8, 4) is 0 Å². The van der Waals surface area contributed by atoms with E-state index < -0.39 is 0 Å². The first-order valence-corrected chi connectivity index (χ1v) is 6.11. The molecule has 0 spiro atoms. The van der Waals surface area contributed by atoms with E-state index in [1.807, 2.05) is 13.8 Å². The molecule has 1 aliphatic heterocycles. The van der Waals surface area contributed by atoms with Crippen molar-refractivity contribution >= 4 is 5.91 Å². The molecule has 0 unspecified atom stereocenters. The Bertz CT molecular complexity index is 154. The third kappa shape index (κ3) is 9.73. The van der Waals surface area contributed by atoms with E-state index >= 15 is 0 Å². The zero-order chi connectivity index (χ0) is 11.5. The summed E-state index contributed by atoms with van der Waals surface area (Å²) in [6.07, 6.45) is 5.23. The first kappa shape index (κ1) is 14.4. The third-order valence-corrected chi connectivity index (χ3v) is 2.30. The van der Waals surface area contributed by atoms with Crippen LogP contribution in [0.4, 0.5) is 0 Å². The molecule has 0 saturated carbocycles. The molecule has 1 aliphatic rings. The highest BCUT2D eigenvalue weighted by Crippen LogP contribution is 2.02. The van der Waals surface area contributed by atoms with Gasteiger partial charge in [0.15, 0.2) is 0 Å². The largest absolute Gasteiger partial charge is 0.382 e. The monoisotopic (exact) mass is 215 g/mol. The van der Waals surface area contributed by atoms with Gasteiger partial charge in [-0.25, -0.2) is 0 Å². The van der Waals surface area contributed by atoms with Gasteiger partial charge in [0, 0.05) is 19.8 Å². The number of nitrogens with zero attached hydrogens (tertiary/aromatic N) is 1. The lowest BCUT2D eigenvalue weighted by Crippen LogP contribution is -1.93. The number of likely N-dealkylation sites (N-methyl/N-ethyl adjacent to an activating group) is 1. The van der Waals surface area contributed by atoms with Crippen molar-refractivity contribution < 1.29 is 9.53 Å². The van der Waals surface area contributed by atoms with Crippen LogP contribution in [0.5, 0.6) is 0 Å². The molecule has 0 aromatic carbocycles. The molecule has 0 atom stereocenters. The molecular weight excluding hydrogens is 190 g/mol. The summed E-state index contributed by atoms with van der Waals surface area (Å²) in [5.74, 6) is 0.289. The number of rotatable bonds is 7. The Labute approximate surface area is 93.8 Å². The Balaban J connectivity index is 0.000000280. The van der Waals surface area contributed by atoms with Gasteiger partial charge in [-0.2, -0.15) is 0 Å². The lowest BCUT2D eigenvalue weighted by molar-refractivity contribution is -0.113. The number of carbonyl (C=O) groups is 1. The van der Waals surface area contributed by atoms with Crippen molar-refractivity contribution in [2.24, 2.45) is 0 Å². The Hall–Kier alpha value is -0.570. The van der Waals surface area contributed by atoms with Gasteiger partial charge in [0.2, 0.25) is 5.91 Å². The van der Waals surface area contributed by atoms with Crippen LogP contribution in [-0.2, 0) is 9.53 Å². The zero-order valence-electron chi connectivity index (χ0n) is 10.4. The summed E-state index contributed by atoms with van der Waals surface area (Å²) in [6.45, 7) is 9.64. The number of hydrogen-bond acceptors (Lipinski definition) is 2. The van der Waals surface area contributed by atoms with Gasteiger partial charge in [-0.3, -0.25) is 4.79 Å². The quantitative estimate of drug-likeness (QED) is 0.482. The van der Waals surface area contributed by atoms with Crippen molar-refractivity contribution in [3.63, 3.8) is 0 Å². The minimum absolute atomic E-state index is 0.289. The predicted octanol–water partition coefficient (Wildman–Crippen LogP) is 2.45. The van der Waals surface area contributed by atoms with E-state index in [2.05, 4.69) is 6.92 Å². The second-order valence-electron chi connectivity index (χ2n) is 3.67. The van der Waals surface area contributed by atoms with E-state index in [4.69, 9.17) is 4.74 Å². The fourth-order valence-corrected chi connectivity index (χ4v) is 1.19. The topological polar surface area (TPSA) is 29.3 Å². The molecule has 0 bridgehead atoms. The second-order valence-corrected chi connectivity index (χ2v) is 3.67. The van der Waals surface area contributed by atoms with Crippen molar-refractivity contribution in [1.29, 1.82) is 0 Å². The van der Waals surface area contributed by atoms with Crippen molar-refractivity contribution in [3.05, 3.63) is 0 Å². The minimum Gasteiger partial charge on any atom is -0.382 e. The lowest BCUT2D eigenvalue weighted by Gasteiger charge is -1.98. The van der Waals surface area contributed by atoms with Gasteiger partial charge in [-0.15, -0.1) is 0 Å². The number of amides is 1. The van der Waals surface area contributed by atoms with Crippen molar-refractivity contribution in [2.45, 2.75) is 46.5 Å². The first-order chi connectivity index (χ1) is 7.26. The summed E-state index contributed by atoms with van der Waals surface area (Å²) in [7, 11) is 0. The molecule has 15 heavy (non-hydrogen) atoms. The van der Waals surface area contributed by atoms with E-state index in [1.54, 1.807) is 4.90 Å². The molecule has 0 aromatic rings. The molecule has 0 aromatic heterocycles. The Morgan fingerprint density at radius 2 is 1.87 bits per heavy atom. The summed E-state index contributed by atoms with van der Waals surface area (Å²) >= 11 is 0. The van der Waals surface area contributed by atoms with E-state index in [0.717, 1.165) is 19.8 Å². The first-order valence-electron chi connectivity index (χ1n) is 6.11. The molecule has 1 fully saturated rings. The van der Waals surface area contributed by atoms with Crippen molar-refractivity contribution in [1.82, 2.24) is 4.90 Å². The number of unbranched alkanes of at least 4 members (excludes halogenated alkanes) is 3. The second kappa shape index (κ2) is 9.97. The maximum Gasteiger partial charge on any atom is 0.242 e. The van der Waals surface area contributed by atoms with Gasteiger partial charge < -0.3 is 9.64 Å². The lowest BCUT2D eigenvalue weighted by atomic mass is 10.2. The van der Waals surface area contributed by atoms with Crippen molar-refractivity contribution in [2.75, 3.05) is 26.3 Å². The smallest absolute Gasteiger partial charge is 0.242 e. The average molecular weight is 215 g/mol. The molecule has 1 amide bonds. The standard InChI is InChI=1S/C8H18O.C4H7NO/c1-3-5-6-7-8-9-4-2;1-2-5-3-4(5)6/h3-8H2,1-2H3;2-3H2,1H3. The summed E-state index contributed by atoms with van der Waals surface area (Å²) in [5.41, 5.74) is 0. The SMILES string of the molecule is CCCCCCOCC.CCN1CC1=O. The maximum atomic E-state index is 10.0. The van der Waals surface area contributed by atoms with Crippen LogP contribution < -0.4 is 0 Å². The van der Waals surface area contributed by atoms with Crippen LogP contribution >= 0.6 is 0 Å². The summed E-state index contributed by atoms with van der Waals surface area (Å²) in [6, 6.07) is 0. The third-order valence-electron chi connectivity index (χ3n) is 2.30. The molecule has 0 N–H and O–H groups in total. The minimum atomic E-state index is 0.289. The van der Waals surface area contributed by atoms with Gasteiger partial charge in [0.25, 0.3) is 0 Å². The highest BCUT2D eigenvalue weighted by molar-refractivity contribution is 5.92. The predicted molar refractivity (Wildman–Crippen MR) is 62.9 cm³/mol. The van der Waals surface area contributed by atoms with Crippen LogP contribution in [0.1, 0.15) is 46.5 Å². The molecule has 1 saturated heterocycles. The molecule has 0 aliphatic carbocycles.